The third-order valence-electron chi connectivity index (χ3n) is 6.78. The Morgan fingerprint density at radius 2 is 1.94 bits per heavy atom. The predicted octanol–water partition coefficient (Wildman–Crippen LogP) is 4.57. The van der Waals surface area contributed by atoms with E-state index in [2.05, 4.69) is 12.2 Å². The van der Waals surface area contributed by atoms with Crippen molar-refractivity contribution in [2.45, 2.75) is 77.7 Å². The molecular formula is C26H34F4N4O2. The summed E-state index contributed by atoms with van der Waals surface area (Å²) in [6.07, 6.45) is 0.396. The molecule has 0 aliphatic carbocycles. The molecule has 4 rings (SSSR count). The summed E-state index contributed by atoms with van der Waals surface area (Å²) in [4.78, 5) is 23.8. The molecule has 6 nitrogen and oxygen atoms in total. The van der Waals surface area contributed by atoms with Gasteiger partial charge in [0.25, 0.3) is 0 Å². The highest BCUT2D eigenvalue weighted by atomic mass is 19.4. The maximum atomic E-state index is 13.2. The molecule has 2 aromatic rings. The number of hydrogen-bond donors (Lipinski definition) is 1. The van der Waals surface area contributed by atoms with Crippen LogP contribution in [0.5, 0.6) is 0 Å². The van der Waals surface area contributed by atoms with Gasteiger partial charge in [-0.05, 0) is 68.3 Å². The van der Waals surface area contributed by atoms with Crippen molar-refractivity contribution in [3.63, 3.8) is 0 Å². The minimum absolute atomic E-state index is 0.228. The quantitative estimate of drug-likeness (QED) is 0.457. The number of benzene rings is 1. The summed E-state index contributed by atoms with van der Waals surface area (Å²) >= 11 is 0. The summed E-state index contributed by atoms with van der Waals surface area (Å²) in [6.45, 7) is 7.29. The van der Waals surface area contributed by atoms with Gasteiger partial charge in [0.2, 0.25) is 12.2 Å². The van der Waals surface area contributed by atoms with Crippen molar-refractivity contribution in [3.05, 3.63) is 52.6 Å². The van der Waals surface area contributed by atoms with Crippen LogP contribution in [0.4, 0.5) is 17.6 Å². The van der Waals surface area contributed by atoms with Gasteiger partial charge in [-0.15, -0.1) is 0 Å². The van der Waals surface area contributed by atoms with Crippen LogP contribution < -0.4 is 5.32 Å². The lowest BCUT2D eigenvalue weighted by Crippen LogP contribution is -2.41. The lowest BCUT2D eigenvalue weighted by Gasteiger charge is -2.33. The van der Waals surface area contributed by atoms with Crippen LogP contribution in [0.15, 0.2) is 24.3 Å². The summed E-state index contributed by atoms with van der Waals surface area (Å²) in [5.41, 5.74) is 4.46. The topological polar surface area (TPSA) is 67.2 Å². The number of nitrogens with zero attached hydrogens (tertiary/aromatic N) is 3. The van der Waals surface area contributed by atoms with Crippen molar-refractivity contribution >= 4 is 12.2 Å². The minimum Gasteiger partial charge on any atom is -0.336 e. The number of carbonyl (C=O) groups is 2. The normalized spacial score (nSPS) is 19.8. The van der Waals surface area contributed by atoms with Crippen LogP contribution >= 0.6 is 0 Å². The van der Waals surface area contributed by atoms with Crippen LogP contribution in [-0.4, -0.2) is 52.2 Å². The number of amides is 1. The molecule has 1 aromatic carbocycles. The SMILES string of the molecule is CCCC1CC(CC(=O)N2CCc3c(C)nn(Cc4ccc(F)cc4)c3C2)CCN1.O=CC(F)(F)F. The number of carbonyl (C=O) groups excluding carboxylic acids is 2. The number of aromatic nitrogens is 2. The second-order valence-corrected chi connectivity index (χ2v) is 9.55. The first-order chi connectivity index (χ1) is 17.1. The van der Waals surface area contributed by atoms with Crippen molar-refractivity contribution in [2.75, 3.05) is 13.1 Å². The first-order valence-electron chi connectivity index (χ1n) is 12.4. The van der Waals surface area contributed by atoms with E-state index in [1.54, 1.807) is 12.1 Å². The summed E-state index contributed by atoms with van der Waals surface area (Å²) in [7, 11) is 0. The summed E-state index contributed by atoms with van der Waals surface area (Å²) < 4.78 is 46.5. The number of fused-ring (bicyclic) bond motifs is 1. The van der Waals surface area contributed by atoms with E-state index in [-0.39, 0.29) is 11.7 Å². The molecule has 2 aliphatic rings. The molecule has 2 unspecified atom stereocenters. The van der Waals surface area contributed by atoms with Crippen LogP contribution in [0, 0.1) is 18.7 Å². The molecule has 0 bridgehead atoms. The Labute approximate surface area is 209 Å². The summed E-state index contributed by atoms with van der Waals surface area (Å²) in [5, 5.41) is 8.32. The highest BCUT2D eigenvalue weighted by Gasteiger charge is 2.29. The molecule has 1 fully saturated rings. The molecule has 0 spiro atoms. The van der Waals surface area contributed by atoms with Gasteiger partial charge in [0.05, 0.1) is 24.5 Å². The van der Waals surface area contributed by atoms with Crippen molar-refractivity contribution in [1.82, 2.24) is 20.0 Å². The number of hydrogen-bond acceptors (Lipinski definition) is 4. The summed E-state index contributed by atoms with van der Waals surface area (Å²) in [5.74, 6) is 0.533. The van der Waals surface area contributed by atoms with Crippen LogP contribution in [-0.2, 0) is 29.1 Å². The first-order valence-corrected chi connectivity index (χ1v) is 12.4. The van der Waals surface area contributed by atoms with E-state index in [0.717, 1.165) is 49.3 Å². The van der Waals surface area contributed by atoms with Crippen molar-refractivity contribution in [2.24, 2.45) is 5.92 Å². The highest BCUT2D eigenvalue weighted by molar-refractivity contribution is 5.76. The number of rotatable bonds is 6. The molecule has 10 heteroatoms. The van der Waals surface area contributed by atoms with E-state index >= 15 is 0 Å². The number of piperidine rings is 1. The van der Waals surface area contributed by atoms with E-state index in [1.165, 1.54) is 30.5 Å². The average Bonchev–Trinajstić information content (AvgIpc) is 3.15. The zero-order valence-corrected chi connectivity index (χ0v) is 20.8. The maximum absolute atomic E-state index is 13.2. The third-order valence-corrected chi connectivity index (χ3v) is 6.78. The summed E-state index contributed by atoms with van der Waals surface area (Å²) in [6, 6.07) is 7.13. The Morgan fingerprint density at radius 3 is 2.58 bits per heavy atom. The fourth-order valence-electron chi connectivity index (χ4n) is 5.01. The van der Waals surface area contributed by atoms with Gasteiger partial charge in [0.15, 0.2) is 0 Å². The van der Waals surface area contributed by atoms with E-state index in [0.29, 0.717) is 31.5 Å². The average molecular weight is 511 g/mol. The molecule has 2 atom stereocenters. The molecule has 1 N–H and O–H groups in total. The van der Waals surface area contributed by atoms with Crippen LogP contribution in [0.1, 0.15) is 61.5 Å². The van der Waals surface area contributed by atoms with Crippen molar-refractivity contribution in [3.8, 4) is 0 Å². The Hall–Kier alpha value is -2.75. The number of aryl methyl sites for hydroxylation is 1. The van der Waals surface area contributed by atoms with Gasteiger partial charge >= 0.3 is 6.18 Å². The Kier molecular flexibility index (Phi) is 9.64. The van der Waals surface area contributed by atoms with E-state index in [9.17, 15) is 22.4 Å². The second-order valence-electron chi connectivity index (χ2n) is 9.55. The molecule has 0 saturated carbocycles. The molecule has 1 amide bonds. The molecule has 1 aromatic heterocycles. The first kappa shape index (κ1) is 27.8. The monoisotopic (exact) mass is 510 g/mol. The molecule has 198 valence electrons. The van der Waals surface area contributed by atoms with Crippen LogP contribution in [0.25, 0.3) is 0 Å². The van der Waals surface area contributed by atoms with Gasteiger partial charge in [-0.1, -0.05) is 25.5 Å². The lowest BCUT2D eigenvalue weighted by molar-refractivity contribution is -0.156. The number of alkyl halides is 3. The highest BCUT2D eigenvalue weighted by Crippen LogP contribution is 2.27. The molecule has 1 saturated heterocycles. The largest absolute Gasteiger partial charge is 0.446 e. The van der Waals surface area contributed by atoms with E-state index in [4.69, 9.17) is 9.89 Å². The van der Waals surface area contributed by atoms with Crippen molar-refractivity contribution in [1.29, 1.82) is 0 Å². The van der Waals surface area contributed by atoms with Crippen LogP contribution in [0.2, 0.25) is 0 Å². The molecular weight excluding hydrogens is 476 g/mol. The minimum atomic E-state index is -4.64. The fraction of sp³-hybridized carbons (Fsp3) is 0.577. The predicted molar refractivity (Wildman–Crippen MR) is 128 cm³/mol. The zero-order chi connectivity index (χ0) is 26.3. The van der Waals surface area contributed by atoms with E-state index in [1.807, 2.05) is 16.5 Å². The maximum Gasteiger partial charge on any atom is 0.446 e. The van der Waals surface area contributed by atoms with Gasteiger partial charge in [-0.3, -0.25) is 14.3 Å². The molecule has 0 radical (unpaired) electrons. The van der Waals surface area contributed by atoms with Crippen molar-refractivity contribution < 1.29 is 27.2 Å². The third kappa shape index (κ3) is 7.88. The Morgan fingerprint density at radius 1 is 1.25 bits per heavy atom. The standard InChI is InChI=1S/C24H33FN4O.C2HF3O/c1-3-4-21-13-19(9-11-26-21)14-24(30)28-12-10-22-17(2)27-29(23(22)16-28)15-18-5-7-20(25)8-6-18;3-2(4,5)1-6/h5-8,19,21,26H,3-4,9-16H2,1-2H3;1H. The number of halogens is 4. The van der Waals surface area contributed by atoms with Gasteiger partial charge < -0.3 is 10.2 Å². The Bertz CT molecular complexity index is 1020. The van der Waals surface area contributed by atoms with Gasteiger partial charge in [0.1, 0.15) is 5.82 Å². The van der Waals surface area contributed by atoms with Gasteiger partial charge in [-0.2, -0.15) is 18.3 Å². The fourth-order valence-corrected chi connectivity index (χ4v) is 5.01. The Balaban J connectivity index is 0.000000538. The van der Waals surface area contributed by atoms with Gasteiger partial charge in [-0.25, -0.2) is 4.39 Å². The molecule has 2 aliphatic heterocycles. The lowest BCUT2D eigenvalue weighted by atomic mass is 9.87. The smallest absolute Gasteiger partial charge is 0.336 e. The number of aldehydes is 1. The van der Waals surface area contributed by atoms with Gasteiger partial charge in [0, 0.05) is 19.0 Å². The second kappa shape index (κ2) is 12.5. The van der Waals surface area contributed by atoms with Crippen LogP contribution in [0.3, 0.4) is 0 Å². The van der Waals surface area contributed by atoms with E-state index < -0.39 is 12.5 Å². The molecule has 36 heavy (non-hydrogen) atoms. The molecule has 3 heterocycles. The number of nitrogens with one attached hydrogen (secondary N) is 1. The zero-order valence-electron chi connectivity index (χ0n) is 20.8.